The second-order valence-corrected chi connectivity index (χ2v) is 10.2. The Hall–Kier alpha value is -4.19. The van der Waals surface area contributed by atoms with E-state index in [1.165, 1.54) is 11.0 Å². The molecule has 1 aliphatic rings. The Labute approximate surface area is 243 Å². The molecule has 2 aromatic heterocycles. The minimum atomic E-state index is -0.930. The highest BCUT2D eigenvalue weighted by Crippen LogP contribution is 2.32. The Morgan fingerprint density at radius 2 is 1.59 bits per heavy atom. The molecular formula is C29H33ClN8O3. The fraction of sp³-hybridized carbons (Fsp3) is 0.310. The van der Waals surface area contributed by atoms with E-state index in [9.17, 15) is 14.4 Å². The van der Waals surface area contributed by atoms with E-state index in [2.05, 4.69) is 25.6 Å². The number of tetrazole rings is 1. The van der Waals surface area contributed by atoms with Crippen LogP contribution in [0.5, 0.6) is 0 Å². The number of halogens is 1. The molecule has 214 valence electrons. The number of pyridine rings is 1. The lowest BCUT2D eigenvalue weighted by Gasteiger charge is -2.32. The van der Waals surface area contributed by atoms with Crippen molar-refractivity contribution in [2.45, 2.75) is 38.1 Å². The van der Waals surface area contributed by atoms with Gasteiger partial charge in [0.25, 0.3) is 5.91 Å². The van der Waals surface area contributed by atoms with Crippen molar-refractivity contribution >= 4 is 29.9 Å². The predicted molar refractivity (Wildman–Crippen MR) is 158 cm³/mol. The number of rotatable bonds is 8. The fourth-order valence-corrected chi connectivity index (χ4v) is 5.16. The summed E-state index contributed by atoms with van der Waals surface area (Å²) >= 11 is 0. The number of amides is 2. The van der Waals surface area contributed by atoms with Gasteiger partial charge in [0, 0.05) is 23.7 Å². The van der Waals surface area contributed by atoms with Gasteiger partial charge in [-0.25, -0.2) is 4.90 Å². The van der Waals surface area contributed by atoms with Crippen molar-refractivity contribution in [3.05, 3.63) is 82.8 Å². The second kappa shape index (κ2) is 13.4. The quantitative estimate of drug-likeness (QED) is 0.247. The standard InChI is InChI=1S/C29H32N8O3.ClH/c30-16-19-3-7-22(8-4-19)28(39)37(24-12-9-21(10-13-24)27-33-35-36-34-27)29(40)25(31)15-18-1-5-20(6-2-18)23-11-14-26(38)32-17-23;/h1-2,5-6,9-14,17,19,22,25H,3-4,7-8,15-16,30-31H2,(H,32,38)(H,33,34,35,36);1H/t19?,22?,25-;/m0./s1. The Morgan fingerprint density at radius 1 is 0.927 bits per heavy atom. The number of nitrogens with one attached hydrogen (secondary N) is 2. The van der Waals surface area contributed by atoms with E-state index in [-0.39, 0.29) is 36.2 Å². The maximum atomic E-state index is 13.8. The zero-order chi connectivity index (χ0) is 28.1. The van der Waals surface area contributed by atoms with Crippen molar-refractivity contribution in [3.8, 4) is 22.5 Å². The van der Waals surface area contributed by atoms with E-state index in [0.717, 1.165) is 29.5 Å². The number of hydrogen-bond acceptors (Lipinski definition) is 8. The van der Waals surface area contributed by atoms with E-state index in [1.807, 2.05) is 24.3 Å². The third-order valence-electron chi connectivity index (χ3n) is 7.54. The molecule has 5 rings (SSSR count). The number of imide groups is 1. The monoisotopic (exact) mass is 576 g/mol. The molecule has 0 unspecified atom stereocenters. The summed E-state index contributed by atoms with van der Waals surface area (Å²) in [5.74, 6) is -0.145. The second-order valence-electron chi connectivity index (χ2n) is 10.2. The highest BCUT2D eigenvalue weighted by atomic mass is 35.5. The summed E-state index contributed by atoms with van der Waals surface area (Å²) in [4.78, 5) is 42.8. The van der Waals surface area contributed by atoms with Crippen LogP contribution in [0.4, 0.5) is 5.69 Å². The summed E-state index contributed by atoms with van der Waals surface area (Å²) < 4.78 is 0. The summed E-state index contributed by atoms with van der Waals surface area (Å²) in [5, 5.41) is 14.0. The van der Waals surface area contributed by atoms with Crippen molar-refractivity contribution in [2.75, 3.05) is 11.4 Å². The van der Waals surface area contributed by atoms with Gasteiger partial charge in [-0.05, 0) is 96.8 Å². The number of aromatic nitrogens is 5. The minimum absolute atomic E-state index is 0. The van der Waals surface area contributed by atoms with Crippen LogP contribution in [0, 0.1) is 11.8 Å². The molecular weight excluding hydrogens is 544 g/mol. The van der Waals surface area contributed by atoms with Gasteiger partial charge in [0.1, 0.15) is 0 Å². The Kier molecular flexibility index (Phi) is 9.77. The molecule has 0 aliphatic heterocycles. The first kappa shape index (κ1) is 29.8. The molecule has 12 heteroatoms. The highest BCUT2D eigenvalue weighted by Gasteiger charge is 2.35. The molecule has 0 saturated heterocycles. The first-order valence-electron chi connectivity index (χ1n) is 13.4. The van der Waals surface area contributed by atoms with Crippen LogP contribution in [-0.2, 0) is 16.0 Å². The van der Waals surface area contributed by atoms with Gasteiger partial charge in [-0.3, -0.25) is 14.4 Å². The summed E-state index contributed by atoms with van der Waals surface area (Å²) in [5.41, 5.74) is 15.9. The van der Waals surface area contributed by atoms with Crippen LogP contribution in [0.2, 0.25) is 0 Å². The number of nitrogens with zero attached hydrogens (tertiary/aromatic N) is 4. The SMILES string of the molecule is Cl.NCC1CCC(C(=O)N(C(=O)[C@@H](N)Cc2ccc(-c3ccc(=O)[nH]c3)cc2)c2ccc(-c3nn[nH]n3)cc2)CC1. The van der Waals surface area contributed by atoms with Crippen molar-refractivity contribution in [3.63, 3.8) is 0 Å². The van der Waals surface area contributed by atoms with Gasteiger partial charge in [-0.1, -0.05) is 24.3 Å². The van der Waals surface area contributed by atoms with Gasteiger partial charge in [-0.15, -0.1) is 22.6 Å². The summed E-state index contributed by atoms with van der Waals surface area (Å²) in [6, 6.07) is 16.8. The van der Waals surface area contributed by atoms with Gasteiger partial charge < -0.3 is 16.5 Å². The van der Waals surface area contributed by atoms with Crippen molar-refractivity contribution in [2.24, 2.45) is 23.3 Å². The maximum absolute atomic E-state index is 13.8. The molecule has 41 heavy (non-hydrogen) atoms. The first-order chi connectivity index (χ1) is 19.4. The van der Waals surface area contributed by atoms with Crippen molar-refractivity contribution in [1.82, 2.24) is 25.6 Å². The molecule has 2 aromatic carbocycles. The van der Waals surface area contributed by atoms with Crippen LogP contribution in [0.15, 0.2) is 71.7 Å². The molecule has 1 aliphatic carbocycles. The first-order valence-corrected chi connectivity index (χ1v) is 13.4. The third kappa shape index (κ3) is 6.94. The number of carbonyl (C=O) groups excluding carboxylic acids is 2. The van der Waals surface area contributed by atoms with Gasteiger partial charge in [0.15, 0.2) is 0 Å². The zero-order valence-corrected chi connectivity index (χ0v) is 23.2. The third-order valence-corrected chi connectivity index (χ3v) is 7.54. The molecule has 1 saturated carbocycles. The van der Waals surface area contributed by atoms with E-state index >= 15 is 0 Å². The molecule has 6 N–H and O–H groups in total. The molecule has 0 spiro atoms. The van der Waals surface area contributed by atoms with Gasteiger partial charge >= 0.3 is 0 Å². The zero-order valence-electron chi connectivity index (χ0n) is 22.4. The average molecular weight is 577 g/mol. The number of anilines is 1. The molecule has 4 aromatic rings. The molecule has 2 amide bonds. The number of hydrogen-bond donors (Lipinski definition) is 4. The summed E-state index contributed by atoms with van der Waals surface area (Å²) in [6.45, 7) is 0.604. The average Bonchev–Trinajstić information content (AvgIpc) is 3.54. The van der Waals surface area contributed by atoms with Crippen LogP contribution < -0.4 is 21.9 Å². The van der Waals surface area contributed by atoms with Crippen molar-refractivity contribution in [1.29, 1.82) is 0 Å². The van der Waals surface area contributed by atoms with Crippen LogP contribution in [-0.4, -0.2) is 50.0 Å². The lowest BCUT2D eigenvalue weighted by atomic mass is 9.81. The van der Waals surface area contributed by atoms with E-state index < -0.39 is 11.9 Å². The molecule has 2 heterocycles. The van der Waals surface area contributed by atoms with Crippen LogP contribution >= 0.6 is 12.4 Å². The van der Waals surface area contributed by atoms with Crippen LogP contribution in [0.3, 0.4) is 0 Å². The van der Waals surface area contributed by atoms with Crippen LogP contribution in [0.1, 0.15) is 31.2 Å². The number of carbonyl (C=O) groups is 2. The predicted octanol–water partition coefficient (Wildman–Crippen LogP) is 2.84. The topological polar surface area (TPSA) is 177 Å². The Morgan fingerprint density at radius 3 is 2.17 bits per heavy atom. The Bertz CT molecular complexity index is 1480. The number of H-pyrrole nitrogens is 2. The molecule has 1 atom stereocenters. The molecule has 1 fully saturated rings. The van der Waals surface area contributed by atoms with E-state index in [0.29, 0.717) is 42.4 Å². The fourth-order valence-electron chi connectivity index (χ4n) is 5.16. The van der Waals surface area contributed by atoms with E-state index in [4.69, 9.17) is 11.5 Å². The smallest absolute Gasteiger partial charge is 0.251 e. The molecule has 0 radical (unpaired) electrons. The number of benzene rings is 2. The lowest BCUT2D eigenvalue weighted by Crippen LogP contribution is -2.50. The number of aromatic amines is 2. The van der Waals surface area contributed by atoms with Gasteiger partial charge in [-0.2, -0.15) is 5.21 Å². The summed E-state index contributed by atoms with van der Waals surface area (Å²) in [6.07, 6.45) is 5.01. The molecule has 0 bridgehead atoms. The molecule has 11 nitrogen and oxygen atoms in total. The van der Waals surface area contributed by atoms with Gasteiger partial charge in [0.2, 0.25) is 17.3 Å². The summed E-state index contributed by atoms with van der Waals surface area (Å²) in [7, 11) is 0. The van der Waals surface area contributed by atoms with Crippen molar-refractivity contribution < 1.29 is 9.59 Å². The van der Waals surface area contributed by atoms with Crippen LogP contribution in [0.25, 0.3) is 22.5 Å². The number of nitrogens with two attached hydrogens (primary N) is 2. The Balaban J connectivity index is 0.00000387. The highest BCUT2D eigenvalue weighted by molar-refractivity contribution is 6.17. The lowest BCUT2D eigenvalue weighted by molar-refractivity contribution is -0.130. The minimum Gasteiger partial charge on any atom is -0.330 e. The normalized spacial score (nSPS) is 17.3. The van der Waals surface area contributed by atoms with E-state index in [1.54, 1.807) is 36.5 Å². The van der Waals surface area contributed by atoms with Gasteiger partial charge in [0.05, 0.1) is 11.7 Å². The largest absolute Gasteiger partial charge is 0.330 e. The maximum Gasteiger partial charge on any atom is 0.251 e.